The van der Waals surface area contributed by atoms with Crippen molar-refractivity contribution in [2.24, 2.45) is 0 Å². The minimum atomic E-state index is -3.74. The number of hydrogen-bond acceptors (Lipinski definition) is 4. The van der Waals surface area contributed by atoms with Crippen LogP contribution in [-0.2, 0) is 21.2 Å². The Morgan fingerprint density at radius 3 is 2.22 bits per heavy atom. The highest BCUT2D eigenvalue weighted by Gasteiger charge is 2.17. The molecule has 0 aromatic heterocycles. The summed E-state index contributed by atoms with van der Waals surface area (Å²) in [5.41, 5.74) is 4.11. The number of anilines is 2. The van der Waals surface area contributed by atoms with E-state index in [4.69, 9.17) is 4.74 Å². The van der Waals surface area contributed by atoms with Crippen molar-refractivity contribution in [2.75, 3.05) is 10.0 Å². The summed E-state index contributed by atoms with van der Waals surface area (Å²) in [6.07, 6.45) is 0.222. The number of nitrogens with one attached hydrogen (secondary N) is 2. The van der Waals surface area contributed by atoms with Gasteiger partial charge in [-0.2, -0.15) is 0 Å². The van der Waals surface area contributed by atoms with E-state index in [-0.39, 0.29) is 10.8 Å². The molecule has 32 heavy (non-hydrogen) atoms. The average Bonchev–Trinajstić information content (AvgIpc) is 2.76. The fourth-order valence-electron chi connectivity index (χ4n) is 3.15. The van der Waals surface area contributed by atoms with Crippen molar-refractivity contribution in [3.63, 3.8) is 0 Å². The molecule has 1 amide bonds. The molecule has 3 aromatic carbocycles. The Balaban J connectivity index is 1.63. The number of carbonyl (C=O) groups excluding carboxylic acids is 1. The Kier molecular flexibility index (Phi) is 7.20. The maximum Gasteiger partial charge on any atom is 0.265 e. The molecule has 2 N–H and O–H groups in total. The molecule has 0 spiro atoms. The van der Waals surface area contributed by atoms with E-state index in [1.807, 2.05) is 50.2 Å². The highest BCUT2D eigenvalue weighted by atomic mass is 32.2. The number of rotatable bonds is 8. The molecule has 7 heteroatoms. The SMILES string of the molecule is CCc1ccc(OC(C)C(=O)Nc2ccc(S(=O)(=O)Nc3ccc(C)cc3C)cc2)cc1. The molecular weight excluding hydrogens is 424 g/mol. The van der Waals surface area contributed by atoms with E-state index in [9.17, 15) is 13.2 Å². The van der Waals surface area contributed by atoms with Crippen molar-refractivity contribution < 1.29 is 17.9 Å². The van der Waals surface area contributed by atoms with E-state index in [0.29, 0.717) is 17.1 Å². The standard InChI is InChI=1S/C25H28N2O4S/c1-5-20-7-11-22(12-8-20)31-19(4)25(28)26-21-9-13-23(14-10-21)32(29,30)27-24-15-6-17(2)16-18(24)3/h6-16,19,27H,5H2,1-4H3,(H,26,28). The maximum atomic E-state index is 12.7. The molecule has 0 radical (unpaired) electrons. The van der Waals surface area contributed by atoms with Gasteiger partial charge in [-0.3, -0.25) is 9.52 Å². The molecule has 6 nitrogen and oxygen atoms in total. The van der Waals surface area contributed by atoms with Crippen LogP contribution in [0.25, 0.3) is 0 Å². The molecule has 0 aliphatic rings. The first-order valence-corrected chi connectivity index (χ1v) is 11.9. The van der Waals surface area contributed by atoms with Gasteiger partial charge in [-0.15, -0.1) is 0 Å². The first-order chi connectivity index (χ1) is 15.2. The van der Waals surface area contributed by atoms with Gasteiger partial charge >= 0.3 is 0 Å². The molecule has 168 valence electrons. The first kappa shape index (κ1) is 23.3. The predicted molar refractivity (Wildman–Crippen MR) is 128 cm³/mol. The van der Waals surface area contributed by atoms with Crippen LogP contribution in [0, 0.1) is 13.8 Å². The number of ether oxygens (including phenoxy) is 1. The molecule has 0 bridgehead atoms. The summed E-state index contributed by atoms with van der Waals surface area (Å²) >= 11 is 0. The summed E-state index contributed by atoms with van der Waals surface area (Å²) in [7, 11) is -3.74. The number of amides is 1. The Labute approximate surface area is 189 Å². The van der Waals surface area contributed by atoms with Gasteiger partial charge < -0.3 is 10.1 Å². The van der Waals surface area contributed by atoms with Gasteiger partial charge in [0.25, 0.3) is 15.9 Å². The van der Waals surface area contributed by atoms with E-state index in [2.05, 4.69) is 17.0 Å². The summed E-state index contributed by atoms with van der Waals surface area (Å²) in [6.45, 7) is 7.54. The van der Waals surface area contributed by atoms with Gasteiger partial charge in [-0.1, -0.05) is 36.8 Å². The zero-order valence-corrected chi connectivity index (χ0v) is 19.5. The first-order valence-electron chi connectivity index (χ1n) is 10.4. The third-order valence-electron chi connectivity index (χ3n) is 5.07. The van der Waals surface area contributed by atoms with Gasteiger partial charge in [0.05, 0.1) is 10.6 Å². The minimum absolute atomic E-state index is 0.107. The lowest BCUT2D eigenvalue weighted by Crippen LogP contribution is -2.30. The fourth-order valence-corrected chi connectivity index (χ4v) is 4.29. The molecule has 0 fully saturated rings. The van der Waals surface area contributed by atoms with Crippen LogP contribution >= 0.6 is 0 Å². The summed E-state index contributed by atoms with van der Waals surface area (Å²) < 4.78 is 33.7. The van der Waals surface area contributed by atoms with Crippen LogP contribution < -0.4 is 14.8 Å². The average molecular weight is 453 g/mol. The van der Waals surface area contributed by atoms with Crippen LogP contribution in [0.4, 0.5) is 11.4 Å². The number of hydrogen-bond donors (Lipinski definition) is 2. The molecule has 3 aromatic rings. The van der Waals surface area contributed by atoms with Crippen molar-refractivity contribution in [1.29, 1.82) is 0 Å². The quantitative estimate of drug-likeness (QED) is 0.500. The number of benzene rings is 3. The lowest BCUT2D eigenvalue weighted by molar-refractivity contribution is -0.122. The molecule has 0 heterocycles. The third-order valence-corrected chi connectivity index (χ3v) is 6.45. The highest BCUT2D eigenvalue weighted by Crippen LogP contribution is 2.22. The van der Waals surface area contributed by atoms with Crippen molar-refractivity contribution in [2.45, 2.75) is 45.1 Å². The zero-order chi connectivity index (χ0) is 23.3. The smallest absolute Gasteiger partial charge is 0.265 e. The molecule has 1 unspecified atom stereocenters. The minimum Gasteiger partial charge on any atom is -0.481 e. The van der Waals surface area contributed by atoms with E-state index >= 15 is 0 Å². The predicted octanol–water partition coefficient (Wildman–Crippen LogP) is 5.07. The van der Waals surface area contributed by atoms with E-state index in [1.54, 1.807) is 25.1 Å². The third kappa shape index (κ3) is 5.88. The number of sulfonamides is 1. The van der Waals surface area contributed by atoms with E-state index < -0.39 is 16.1 Å². The van der Waals surface area contributed by atoms with Gasteiger partial charge in [-0.25, -0.2) is 8.42 Å². The Hall–Kier alpha value is -3.32. The van der Waals surface area contributed by atoms with Crippen LogP contribution in [0.1, 0.15) is 30.5 Å². The summed E-state index contributed by atoms with van der Waals surface area (Å²) in [6, 6.07) is 19.1. The van der Waals surface area contributed by atoms with E-state index in [1.165, 1.54) is 17.7 Å². The molecule has 0 saturated carbocycles. The second-order valence-electron chi connectivity index (χ2n) is 7.70. The molecule has 3 rings (SSSR count). The van der Waals surface area contributed by atoms with Gasteiger partial charge in [0, 0.05) is 5.69 Å². The van der Waals surface area contributed by atoms with Crippen LogP contribution in [0.5, 0.6) is 5.75 Å². The van der Waals surface area contributed by atoms with Crippen molar-refractivity contribution >= 4 is 27.3 Å². The second kappa shape index (κ2) is 9.87. The van der Waals surface area contributed by atoms with Gasteiger partial charge in [0.1, 0.15) is 5.75 Å². The zero-order valence-electron chi connectivity index (χ0n) is 18.7. The van der Waals surface area contributed by atoms with Gasteiger partial charge in [0.2, 0.25) is 0 Å². The van der Waals surface area contributed by atoms with Crippen molar-refractivity contribution in [1.82, 2.24) is 0 Å². The monoisotopic (exact) mass is 452 g/mol. The molecule has 0 aliphatic heterocycles. The normalized spacial score (nSPS) is 12.1. The topological polar surface area (TPSA) is 84.5 Å². The van der Waals surface area contributed by atoms with Crippen LogP contribution in [0.2, 0.25) is 0 Å². The van der Waals surface area contributed by atoms with Gasteiger partial charge in [-0.05, 0) is 80.8 Å². The van der Waals surface area contributed by atoms with Crippen LogP contribution in [-0.4, -0.2) is 20.4 Å². The molecule has 1 atom stereocenters. The molecule has 0 aliphatic carbocycles. The summed E-state index contributed by atoms with van der Waals surface area (Å²) in [5.74, 6) is 0.289. The number of aryl methyl sites for hydroxylation is 3. The van der Waals surface area contributed by atoms with Gasteiger partial charge in [0.15, 0.2) is 6.10 Å². The lowest BCUT2D eigenvalue weighted by Gasteiger charge is -2.15. The largest absolute Gasteiger partial charge is 0.481 e. The van der Waals surface area contributed by atoms with Crippen LogP contribution in [0.15, 0.2) is 71.6 Å². The summed E-state index contributed by atoms with van der Waals surface area (Å²) in [4.78, 5) is 12.6. The molecular formula is C25H28N2O4S. The molecule has 0 saturated heterocycles. The van der Waals surface area contributed by atoms with Crippen molar-refractivity contribution in [3.05, 3.63) is 83.4 Å². The lowest BCUT2D eigenvalue weighted by atomic mass is 10.1. The van der Waals surface area contributed by atoms with E-state index in [0.717, 1.165) is 17.5 Å². The Morgan fingerprint density at radius 2 is 1.62 bits per heavy atom. The van der Waals surface area contributed by atoms with Crippen molar-refractivity contribution in [3.8, 4) is 5.75 Å². The van der Waals surface area contributed by atoms with Crippen LogP contribution in [0.3, 0.4) is 0 Å². The second-order valence-corrected chi connectivity index (χ2v) is 9.38. The highest BCUT2D eigenvalue weighted by molar-refractivity contribution is 7.92. The Bertz CT molecular complexity index is 1190. The fraction of sp³-hybridized carbons (Fsp3) is 0.240. The number of carbonyl (C=O) groups is 1. The maximum absolute atomic E-state index is 12.7. The summed E-state index contributed by atoms with van der Waals surface area (Å²) in [5, 5.41) is 2.75. The Morgan fingerprint density at radius 1 is 0.969 bits per heavy atom.